The molecular weight excluding hydrogens is 388 g/mol. The minimum atomic E-state index is -0.912. The van der Waals surface area contributed by atoms with Gasteiger partial charge in [0.25, 0.3) is 11.5 Å². The SMILES string of the molecule is CC.CC.O=C(Nc1ccccn1)C(c1ccccc1)n1ncc2ccccc2c1=O. The average molecular weight is 417 g/mol. The van der Waals surface area contributed by atoms with Gasteiger partial charge in [0.05, 0.1) is 11.6 Å². The van der Waals surface area contributed by atoms with Gasteiger partial charge in [0, 0.05) is 11.6 Å². The Bertz CT molecular complexity index is 1140. The van der Waals surface area contributed by atoms with Gasteiger partial charge in [0.1, 0.15) is 5.82 Å². The molecule has 0 aliphatic rings. The highest BCUT2D eigenvalue weighted by Crippen LogP contribution is 2.19. The Morgan fingerprint density at radius 2 is 1.52 bits per heavy atom. The normalized spacial score (nSPS) is 10.7. The predicted molar refractivity (Wildman–Crippen MR) is 126 cm³/mol. The minimum Gasteiger partial charge on any atom is -0.309 e. The van der Waals surface area contributed by atoms with Gasteiger partial charge in [0.15, 0.2) is 6.04 Å². The third-order valence-electron chi connectivity index (χ3n) is 4.24. The van der Waals surface area contributed by atoms with E-state index in [4.69, 9.17) is 0 Å². The molecule has 2 heterocycles. The summed E-state index contributed by atoms with van der Waals surface area (Å²) in [4.78, 5) is 30.2. The standard InChI is InChI=1S/C21H16N4O2.2C2H6/c26-20(24-18-12-6-7-13-22-18)19(15-8-2-1-3-9-15)25-21(27)17-11-5-4-10-16(17)14-23-25;2*1-2/h1-14,19H,(H,22,24,26);2*1-2H3. The van der Waals surface area contributed by atoms with Crippen LogP contribution in [0.15, 0.2) is 90.0 Å². The van der Waals surface area contributed by atoms with Gasteiger partial charge in [-0.15, -0.1) is 0 Å². The lowest BCUT2D eigenvalue weighted by Crippen LogP contribution is -2.35. The van der Waals surface area contributed by atoms with Crippen LogP contribution >= 0.6 is 0 Å². The molecule has 1 amide bonds. The number of carbonyl (C=O) groups is 1. The number of carbonyl (C=O) groups excluding carboxylic acids is 1. The lowest BCUT2D eigenvalue weighted by atomic mass is 10.1. The second kappa shape index (κ2) is 12.0. The van der Waals surface area contributed by atoms with Gasteiger partial charge < -0.3 is 5.32 Å². The molecule has 160 valence electrons. The molecule has 2 aromatic heterocycles. The van der Waals surface area contributed by atoms with Crippen molar-refractivity contribution in [3.8, 4) is 0 Å². The summed E-state index contributed by atoms with van der Waals surface area (Å²) in [6.07, 6.45) is 3.19. The van der Waals surface area contributed by atoms with Crippen LogP contribution in [0.1, 0.15) is 39.3 Å². The predicted octanol–water partition coefficient (Wildman–Crippen LogP) is 5.07. The van der Waals surface area contributed by atoms with Crippen LogP contribution in [0.4, 0.5) is 5.82 Å². The van der Waals surface area contributed by atoms with Crippen molar-refractivity contribution in [2.24, 2.45) is 0 Å². The Morgan fingerprint density at radius 3 is 2.19 bits per heavy atom. The zero-order valence-corrected chi connectivity index (χ0v) is 18.3. The van der Waals surface area contributed by atoms with Crippen LogP contribution in [0.5, 0.6) is 0 Å². The number of nitrogens with zero attached hydrogens (tertiary/aromatic N) is 3. The molecule has 4 rings (SSSR count). The number of hydrogen-bond acceptors (Lipinski definition) is 4. The zero-order chi connectivity index (χ0) is 22.6. The van der Waals surface area contributed by atoms with Gasteiger partial charge in [-0.1, -0.05) is 82.3 Å². The second-order valence-corrected chi connectivity index (χ2v) is 6.00. The smallest absolute Gasteiger partial charge is 0.275 e. The number of pyridine rings is 1. The maximum Gasteiger partial charge on any atom is 0.275 e. The molecule has 1 atom stereocenters. The maximum atomic E-state index is 13.1. The van der Waals surface area contributed by atoms with Crippen LogP contribution in [0, 0.1) is 0 Å². The van der Waals surface area contributed by atoms with E-state index in [1.54, 1.807) is 54.9 Å². The summed E-state index contributed by atoms with van der Waals surface area (Å²) >= 11 is 0. The molecule has 0 fully saturated rings. The van der Waals surface area contributed by atoms with Crippen molar-refractivity contribution in [1.82, 2.24) is 14.8 Å². The van der Waals surface area contributed by atoms with Crippen LogP contribution in [-0.4, -0.2) is 20.7 Å². The third-order valence-corrected chi connectivity index (χ3v) is 4.24. The van der Waals surface area contributed by atoms with Gasteiger partial charge in [-0.25, -0.2) is 9.67 Å². The largest absolute Gasteiger partial charge is 0.309 e. The maximum absolute atomic E-state index is 13.1. The highest BCUT2D eigenvalue weighted by Gasteiger charge is 2.25. The molecule has 6 nitrogen and oxygen atoms in total. The molecule has 0 saturated heterocycles. The molecule has 0 aliphatic carbocycles. The van der Waals surface area contributed by atoms with Gasteiger partial charge in [-0.05, 0) is 23.8 Å². The summed E-state index contributed by atoms with van der Waals surface area (Å²) in [7, 11) is 0. The van der Waals surface area contributed by atoms with Crippen LogP contribution in [0.2, 0.25) is 0 Å². The summed E-state index contributed by atoms with van der Waals surface area (Å²) in [5, 5.41) is 8.28. The summed E-state index contributed by atoms with van der Waals surface area (Å²) in [5.41, 5.74) is 0.342. The Kier molecular flexibility index (Phi) is 9.11. The van der Waals surface area contributed by atoms with E-state index in [1.165, 1.54) is 4.68 Å². The van der Waals surface area contributed by atoms with Crippen LogP contribution in [0.3, 0.4) is 0 Å². The lowest BCUT2D eigenvalue weighted by Gasteiger charge is -2.19. The average Bonchev–Trinajstić information content (AvgIpc) is 2.85. The number of nitrogens with one attached hydrogen (secondary N) is 1. The fourth-order valence-electron chi connectivity index (χ4n) is 2.96. The second-order valence-electron chi connectivity index (χ2n) is 6.00. The van der Waals surface area contributed by atoms with E-state index in [-0.39, 0.29) is 11.5 Å². The van der Waals surface area contributed by atoms with Gasteiger partial charge >= 0.3 is 0 Å². The zero-order valence-electron chi connectivity index (χ0n) is 18.3. The van der Waals surface area contributed by atoms with Crippen molar-refractivity contribution >= 4 is 22.5 Å². The van der Waals surface area contributed by atoms with E-state index < -0.39 is 6.04 Å². The molecule has 4 aromatic rings. The van der Waals surface area contributed by atoms with Crippen molar-refractivity contribution in [3.05, 3.63) is 101 Å². The first-order chi connectivity index (χ1) is 15.2. The first-order valence-electron chi connectivity index (χ1n) is 10.5. The lowest BCUT2D eigenvalue weighted by molar-refractivity contribution is -0.118. The van der Waals surface area contributed by atoms with Crippen molar-refractivity contribution in [2.75, 3.05) is 5.32 Å². The van der Waals surface area contributed by atoms with E-state index in [2.05, 4.69) is 15.4 Å². The monoisotopic (exact) mass is 416 g/mol. The molecule has 0 aliphatic heterocycles. The molecule has 2 aromatic carbocycles. The Labute approximate surface area is 182 Å². The summed E-state index contributed by atoms with van der Waals surface area (Å²) in [5.74, 6) is 0.0297. The molecule has 0 saturated carbocycles. The number of anilines is 1. The number of benzene rings is 2. The summed E-state index contributed by atoms with van der Waals surface area (Å²) < 4.78 is 1.22. The highest BCUT2D eigenvalue weighted by atomic mass is 16.2. The van der Waals surface area contributed by atoms with Crippen molar-refractivity contribution < 1.29 is 4.79 Å². The van der Waals surface area contributed by atoms with Crippen LogP contribution in [-0.2, 0) is 4.79 Å². The highest BCUT2D eigenvalue weighted by molar-refractivity contribution is 5.95. The quantitative estimate of drug-likeness (QED) is 0.504. The number of amides is 1. The topological polar surface area (TPSA) is 76.9 Å². The molecular formula is C25H28N4O2. The Hall–Kier alpha value is -3.80. The molecule has 0 radical (unpaired) electrons. The van der Waals surface area contributed by atoms with Crippen molar-refractivity contribution in [2.45, 2.75) is 33.7 Å². The number of hydrogen-bond donors (Lipinski definition) is 1. The van der Waals surface area contributed by atoms with E-state index in [0.29, 0.717) is 16.8 Å². The van der Waals surface area contributed by atoms with Crippen molar-refractivity contribution in [3.63, 3.8) is 0 Å². The van der Waals surface area contributed by atoms with E-state index >= 15 is 0 Å². The van der Waals surface area contributed by atoms with Crippen molar-refractivity contribution in [1.29, 1.82) is 0 Å². The van der Waals surface area contributed by atoms with Gasteiger partial charge in [-0.3, -0.25) is 9.59 Å². The molecule has 6 heteroatoms. The first kappa shape index (κ1) is 23.5. The van der Waals surface area contributed by atoms with E-state index in [0.717, 1.165) is 5.39 Å². The van der Waals surface area contributed by atoms with Gasteiger partial charge in [0.2, 0.25) is 0 Å². The third kappa shape index (κ3) is 5.63. The Morgan fingerprint density at radius 1 is 0.871 bits per heavy atom. The Balaban J connectivity index is 0.000000807. The number of aromatic nitrogens is 3. The van der Waals surface area contributed by atoms with Crippen LogP contribution in [0.25, 0.3) is 10.8 Å². The fraction of sp³-hybridized carbons (Fsp3) is 0.200. The first-order valence-corrected chi connectivity index (χ1v) is 10.5. The summed E-state index contributed by atoms with van der Waals surface area (Å²) in [6.45, 7) is 8.00. The number of fused-ring (bicyclic) bond motifs is 1. The molecule has 0 spiro atoms. The van der Waals surface area contributed by atoms with E-state index in [9.17, 15) is 9.59 Å². The van der Waals surface area contributed by atoms with Crippen LogP contribution < -0.4 is 10.9 Å². The molecule has 0 bridgehead atoms. The molecule has 31 heavy (non-hydrogen) atoms. The number of rotatable bonds is 4. The summed E-state index contributed by atoms with van der Waals surface area (Å²) in [6, 6.07) is 20.6. The van der Waals surface area contributed by atoms with Gasteiger partial charge in [-0.2, -0.15) is 5.10 Å². The fourth-order valence-corrected chi connectivity index (χ4v) is 2.96. The molecule has 1 unspecified atom stereocenters. The van der Waals surface area contributed by atoms with E-state index in [1.807, 2.05) is 58.0 Å². The molecule has 1 N–H and O–H groups in total. The minimum absolute atomic E-state index is 0.321.